The van der Waals surface area contributed by atoms with Gasteiger partial charge in [-0.05, 0) is 29.2 Å². The topological polar surface area (TPSA) is 117 Å². The molecule has 9 heteroatoms. The van der Waals surface area contributed by atoms with Crippen LogP contribution in [-0.2, 0) is 20.9 Å². The van der Waals surface area contributed by atoms with Crippen molar-refractivity contribution in [1.82, 2.24) is 10.8 Å². The third-order valence-electron chi connectivity index (χ3n) is 4.97. The molecule has 3 rings (SSSR count). The summed E-state index contributed by atoms with van der Waals surface area (Å²) in [6.07, 6.45) is -0.00186. The number of rotatable bonds is 11. The molecule has 0 saturated heterocycles. The molecule has 0 spiro atoms. The van der Waals surface area contributed by atoms with E-state index in [1.54, 1.807) is 5.48 Å². The monoisotopic (exact) mass is 481 g/mol. The summed E-state index contributed by atoms with van der Waals surface area (Å²) in [5.74, 6) is 0.0337. The maximum Gasteiger partial charge on any atom is 0.408 e. The van der Waals surface area contributed by atoms with E-state index in [4.69, 9.17) is 9.94 Å². The number of benzene rings is 3. The summed E-state index contributed by atoms with van der Waals surface area (Å²) in [7, 11) is 0. The minimum Gasteiger partial charge on any atom is -0.445 e. The largest absolute Gasteiger partial charge is 0.445 e. The first kappa shape index (κ1) is 25.1. The summed E-state index contributed by atoms with van der Waals surface area (Å²) in [5, 5.41) is 16.0. The van der Waals surface area contributed by atoms with E-state index in [9.17, 15) is 14.4 Å². The molecule has 1 atom stereocenters. The van der Waals surface area contributed by atoms with E-state index in [0.717, 1.165) is 16.3 Å². The lowest BCUT2D eigenvalue weighted by molar-refractivity contribution is -0.129. The molecule has 0 heterocycles. The summed E-state index contributed by atoms with van der Waals surface area (Å²) in [5.41, 5.74) is 3.08. The molecule has 0 fully saturated rings. The van der Waals surface area contributed by atoms with Crippen molar-refractivity contribution in [2.75, 3.05) is 16.8 Å². The zero-order valence-electron chi connectivity index (χ0n) is 18.5. The van der Waals surface area contributed by atoms with E-state index in [2.05, 4.69) is 10.6 Å². The SMILES string of the molecule is O=C(CCCSC[C@H](NC(=O)OCc1ccccc1)C(=O)Nc1cccc2ccccc12)NO. The smallest absolute Gasteiger partial charge is 0.408 e. The van der Waals surface area contributed by atoms with E-state index < -0.39 is 18.0 Å². The number of fused-ring (bicyclic) bond motifs is 1. The van der Waals surface area contributed by atoms with Crippen molar-refractivity contribution in [2.24, 2.45) is 0 Å². The molecule has 178 valence electrons. The van der Waals surface area contributed by atoms with Gasteiger partial charge in [-0.3, -0.25) is 14.8 Å². The Bertz CT molecular complexity index is 1100. The normalized spacial score (nSPS) is 11.4. The van der Waals surface area contributed by atoms with Gasteiger partial charge in [0.25, 0.3) is 0 Å². The predicted molar refractivity (Wildman–Crippen MR) is 133 cm³/mol. The van der Waals surface area contributed by atoms with Gasteiger partial charge < -0.3 is 15.4 Å². The van der Waals surface area contributed by atoms with Crippen LogP contribution in [-0.4, -0.2) is 40.7 Å². The molecule has 3 aromatic carbocycles. The summed E-state index contributed by atoms with van der Waals surface area (Å²) in [4.78, 5) is 36.7. The Balaban J connectivity index is 1.62. The molecule has 0 aromatic heterocycles. The van der Waals surface area contributed by atoms with Gasteiger partial charge in [-0.1, -0.05) is 66.7 Å². The van der Waals surface area contributed by atoms with Crippen LogP contribution in [0.5, 0.6) is 0 Å². The Kier molecular flexibility index (Phi) is 9.75. The van der Waals surface area contributed by atoms with Gasteiger partial charge in [0.05, 0.1) is 0 Å². The van der Waals surface area contributed by atoms with Crippen molar-refractivity contribution in [1.29, 1.82) is 0 Å². The predicted octanol–water partition coefficient (Wildman–Crippen LogP) is 4.09. The van der Waals surface area contributed by atoms with E-state index in [1.807, 2.05) is 72.8 Å². The molecule has 0 aliphatic heterocycles. The van der Waals surface area contributed by atoms with Crippen molar-refractivity contribution in [3.8, 4) is 0 Å². The van der Waals surface area contributed by atoms with Crippen LogP contribution in [0, 0.1) is 0 Å². The molecular formula is C25H27N3O5S. The van der Waals surface area contributed by atoms with Crippen molar-refractivity contribution >= 4 is 46.1 Å². The van der Waals surface area contributed by atoms with Crippen molar-refractivity contribution in [2.45, 2.75) is 25.5 Å². The highest BCUT2D eigenvalue weighted by Gasteiger charge is 2.22. The number of anilines is 1. The van der Waals surface area contributed by atoms with Crippen molar-refractivity contribution < 1.29 is 24.3 Å². The maximum atomic E-state index is 13.1. The van der Waals surface area contributed by atoms with Crippen LogP contribution < -0.4 is 16.1 Å². The fourth-order valence-electron chi connectivity index (χ4n) is 3.24. The van der Waals surface area contributed by atoms with Gasteiger partial charge in [0.2, 0.25) is 11.8 Å². The molecule has 0 bridgehead atoms. The Morgan fingerprint density at radius 3 is 2.47 bits per heavy atom. The Labute approximate surface area is 202 Å². The number of hydrogen-bond donors (Lipinski definition) is 4. The van der Waals surface area contributed by atoms with Crippen LogP contribution in [0.25, 0.3) is 10.8 Å². The lowest BCUT2D eigenvalue weighted by Gasteiger charge is -2.19. The third kappa shape index (κ3) is 7.79. The summed E-state index contributed by atoms with van der Waals surface area (Å²) in [6.45, 7) is 0.0910. The highest BCUT2D eigenvalue weighted by Crippen LogP contribution is 2.23. The van der Waals surface area contributed by atoms with Crippen molar-refractivity contribution in [3.05, 3.63) is 78.4 Å². The minimum absolute atomic E-state index is 0.0910. The molecule has 4 N–H and O–H groups in total. The fourth-order valence-corrected chi connectivity index (χ4v) is 4.22. The minimum atomic E-state index is -0.848. The molecule has 8 nitrogen and oxygen atoms in total. The van der Waals surface area contributed by atoms with E-state index in [-0.39, 0.29) is 24.7 Å². The standard InChI is InChI=1S/C25H27N3O5S/c29-23(28-32)14-7-15-34-17-22(27-25(31)33-16-18-8-2-1-3-9-18)24(30)26-21-13-6-11-19-10-4-5-12-20(19)21/h1-6,8-13,22,32H,7,14-17H2,(H,26,30)(H,27,31)(H,28,29)/t22-/m0/s1. The second kappa shape index (κ2) is 13.2. The Morgan fingerprint density at radius 1 is 0.941 bits per heavy atom. The summed E-state index contributed by atoms with van der Waals surface area (Å²) >= 11 is 1.42. The fraction of sp³-hybridized carbons (Fsp3) is 0.240. The van der Waals surface area contributed by atoms with Gasteiger partial charge in [-0.25, -0.2) is 10.3 Å². The van der Waals surface area contributed by atoms with Crippen LogP contribution in [0.1, 0.15) is 18.4 Å². The highest BCUT2D eigenvalue weighted by molar-refractivity contribution is 7.99. The molecule has 0 aliphatic rings. The number of carbonyl (C=O) groups is 3. The summed E-state index contributed by atoms with van der Waals surface area (Å²) in [6, 6.07) is 21.7. The van der Waals surface area contributed by atoms with E-state index in [0.29, 0.717) is 17.9 Å². The van der Waals surface area contributed by atoms with Gasteiger partial charge in [0, 0.05) is 23.2 Å². The van der Waals surface area contributed by atoms with Crippen LogP contribution in [0.3, 0.4) is 0 Å². The highest BCUT2D eigenvalue weighted by atomic mass is 32.2. The number of hydrogen-bond acceptors (Lipinski definition) is 6. The number of carbonyl (C=O) groups excluding carboxylic acids is 3. The summed E-state index contributed by atoms with van der Waals surface area (Å²) < 4.78 is 5.28. The Morgan fingerprint density at radius 2 is 1.68 bits per heavy atom. The average molecular weight is 482 g/mol. The first-order chi connectivity index (χ1) is 16.6. The van der Waals surface area contributed by atoms with Crippen LogP contribution in [0.4, 0.5) is 10.5 Å². The maximum absolute atomic E-state index is 13.1. The molecule has 0 unspecified atom stereocenters. The third-order valence-corrected chi connectivity index (χ3v) is 6.12. The molecule has 3 amide bonds. The average Bonchev–Trinajstić information content (AvgIpc) is 2.87. The number of ether oxygens (including phenoxy) is 1. The van der Waals surface area contributed by atoms with Gasteiger partial charge in [0.15, 0.2) is 0 Å². The van der Waals surface area contributed by atoms with Gasteiger partial charge >= 0.3 is 6.09 Å². The second-order valence-electron chi connectivity index (χ2n) is 7.49. The molecular weight excluding hydrogens is 454 g/mol. The van der Waals surface area contributed by atoms with Gasteiger partial charge in [-0.15, -0.1) is 0 Å². The van der Waals surface area contributed by atoms with E-state index >= 15 is 0 Å². The van der Waals surface area contributed by atoms with Crippen LogP contribution >= 0.6 is 11.8 Å². The number of amides is 3. The Hall–Kier alpha value is -3.56. The second-order valence-corrected chi connectivity index (χ2v) is 8.64. The molecule has 34 heavy (non-hydrogen) atoms. The zero-order valence-corrected chi connectivity index (χ0v) is 19.3. The molecule has 0 saturated carbocycles. The lowest BCUT2D eigenvalue weighted by atomic mass is 10.1. The quantitative estimate of drug-likeness (QED) is 0.186. The first-order valence-electron chi connectivity index (χ1n) is 10.8. The van der Waals surface area contributed by atoms with E-state index in [1.165, 1.54) is 11.8 Å². The number of nitrogens with one attached hydrogen (secondary N) is 3. The molecule has 3 aromatic rings. The number of hydroxylamine groups is 1. The zero-order chi connectivity index (χ0) is 24.2. The van der Waals surface area contributed by atoms with Gasteiger partial charge in [0.1, 0.15) is 12.6 Å². The van der Waals surface area contributed by atoms with Crippen molar-refractivity contribution in [3.63, 3.8) is 0 Å². The number of alkyl carbamates (subject to hydrolysis) is 1. The number of thioether (sulfide) groups is 1. The van der Waals surface area contributed by atoms with Crippen LogP contribution in [0.15, 0.2) is 72.8 Å². The lowest BCUT2D eigenvalue weighted by Crippen LogP contribution is -2.45. The van der Waals surface area contributed by atoms with Crippen LogP contribution in [0.2, 0.25) is 0 Å². The van der Waals surface area contributed by atoms with Gasteiger partial charge in [-0.2, -0.15) is 11.8 Å². The molecule has 0 radical (unpaired) electrons. The first-order valence-corrected chi connectivity index (χ1v) is 12.0. The molecule has 0 aliphatic carbocycles.